The minimum absolute atomic E-state index is 0.779. The molecule has 1 atom stereocenters. The summed E-state index contributed by atoms with van der Waals surface area (Å²) in [7, 11) is 0. The van der Waals surface area contributed by atoms with Gasteiger partial charge in [-0.15, -0.1) is 0 Å². The van der Waals surface area contributed by atoms with Crippen molar-refractivity contribution in [3.05, 3.63) is 23.9 Å². The van der Waals surface area contributed by atoms with Gasteiger partial charge in [0, 0.05) is 12.7 Å². The third-order valence-corrected chi connectivity index (χ3v) is 3.11. The van der Waals surface area contributed by atoms with E-state index < -0.39 is 0 Å². The molecule has 0 bridgehead atoms. The molecule has 1 rings (SSSR count). The number of aryl methyl sites for hydroxylation is 1. The molecule has 0 saturated carbocycles. The molecule has 1 aromatic heterocycles. The molecule has 0 fully saturated rings. The van der Waals surface area contributed by atoms with E-state index in [1.165, 1.54) is 31.2 Å². The summed E-state index contributed by atoms with van der Waals surface area (Å²) in [6, 6.07) is 4.08. The minimum Gasteiger partial charge on any atom is -0.370 e. The third-order valence-electron chi connectivity index (χ3n) is 3.11. The van der Waals surface area contributed by atoms with E-state index >= 15 is 0 Å². The number of hydrogen-bond acceptors (Lipinski definition) is 2. The summed E-state index contributed by atoms with van der Waals surface area (Å²) in [5, 5.41) is 3.46. The van der Waals surface area contributed by atoms with E-state index in [1.54, 1.807) is 0 Å². The number of rotatable bonds is 7. The quantitative estimate of drug-likeness (QED) is 0.750. The smallest absolute Gasteiger partial charge is 0.128 e. The predicted octanol–water partition coefficient (Wildman–Crippen LogP) is 4.02. The van der Waals surface area contributed by atoms with Gasteiger partial charge in [0.15, 0.2) is 0 Å². The van der Waals surface area contributed by atoms with Crippen LogP contribution in [0.5, 0.6) is 0 Å². The molecule has 0 spiro atoms. The highest BCUT2D eigenvalue weighted by molar-refractivity contribution is 5.42. The van der Waals surface area contributed by atoms with Crippen molar-refractivity contribution in [2.45, 2.75) is 46.5 Å². The average Bonchev–Trinajstić information content (AvgIpc) is 2.31. The molecule has 2 nitrogen and oxygen atoms in total. The zero-order valence-corrected chi connectivity index (χ0v) is 10.8. The largest absolute Gasteiger partial charge is 0.370 e. The zero-order chi connectivity index (χ0) is 11.8. The summed E-state index contributed by atoms with van der Waals surface area (Å²) in [6.07, 6.45) is 7.05. The summed E-state index contributed by atoms with van der Waals surface area (Å²) < 4.78 is 0. The van der Waals surface area contributed by atoms with E-state index in [2.05, 4.69) is 37.1 Å². The lowest BCUT2D eigenvalue weighted by Crippen LogP contribution is -2.15. The van der Waals surface area contributed by atoms with E-state index in [0.29, 0.717) is 0 Å². The SMILES string of the molecule is CCCCC(CC)CNc1ncccc1C. The van der Waals surface area contributed by atoms with Gasteiger partial charge in [-0.05, 0) is 30.9 Å². The van der Waals surface area contributed by atoms with Crippen LogP contribution < -0.4 is 5.32 Å². The number of hydrogen-bond donors (Lipinski definition) is 1. The number of nitrogens with one attached hydrogen (secondary N) is 1. The first kappa shape index (κ1) is 13.0. The molecule has 16 heavy (non-hydrogen) atoms. The van der Waals surface area contributed by atoms with Crippen molar-refractivity contribution < 1.29 is 0 Å². The van der Waals surface area contributed by atoms with Gasteiger partial charge in [-0.3, -0.25) is 0 Å². The molecule has 0 saturated heterocycles. The Labute approximate surface area is 99.5 Å². The van der Waals surface area contributed by atoms with E-state index in [9.17, 15) is 0 Å². The van der Waals surface area contributed by atoms with Crippen LogP contribution in [-0.4, -0.2) is 11.5 Å². The maximum atomic E-state index is 4.35. The first-order valence-electron chi connectivity index (χ1n) is 6.43. The molecule has 1 N–H and O–H groups in total. The highest BCUT2D eigenvalue weighted by Gasteiger charge is 2.06. The van der Waals surface area contributed by atoms with Gasteiger partial charge in [0.25, 0.3) is 0 Å². The number of unbranched alkanes of at least 4 members (excludes halogenated alkanes) is 1. The lowest BCUT2D eigenvalue weighted by molar-refractivity contribution is 0.472. The fourth-order valence-corrected chi connectivity index (χ4v) is 1.86. The molecular weight excluding hydrogens is 196 g/mol. The molecule has 0 radical (unpaired) electrons. The Balaban J connectivity index is 2.40. The van der Waals surface area contributed by atoms with Crippen LogP contribution in [0.4, 0.5) is 5.82 Å². The number of anilines is 1. The molecule has 0 aliphatic heterocycles. The van der Waals surface area contributed by atoms with Crippen LogP contribution in [0.3, 0.4) is 0 Å². The topological polar surface area (TPSA) is 24.9 Å². The van der Waals surface area contributed by atoms with Gasteiger partial charge in [-0.2, -0.15) is 0 Å². The van der Waals surface area contributed by atoms with Crippen molar-refractivity contribution in [3.8, 4) is 0 Å². The van der Waals surface area contributed by atoms with Gasteiger partial charge in [0.05, 0.1) is 0 Å². The molecular formula is C14H24N2. The van der Waals surface area contributed by atoms with Crippen LogP contribution >= 0.6 is 0 Å². The Kier molecular flexibility index (Phi) is 5.91. The molecule has 0 aliphatic carbocycles. The standard InChI is InChI=1S/C14H24N2/c1-4-6-9-13(5-2)11-16-14-12(3)8-7-10-15-14/h7-8,10,13H,4-6,9,11H2,1-3H3,(H,15,16). The highest BCUT2D eigenvalue weighted by atomic mass is 15.0. The van der Waals surface area contributed by atoms with Crippen molar-refractivity contribution in [2.75, 3.05) is 11.9 Å². The fraction of sp³-hybridized carbons (Fsp3) is 0.643. The second-order valence-corrected chi connectivity index (χ2v) is 4.47. The Morgan fingerprint density at radius 2 is 2.19 bits per heavy atom. The lowest BCUT2D eigenvalue weighted by Gasteiger charge is -2.16. The zero-order valence-electron chi connectivity index (χ0n) is 10.8. The summed E-state index contributed by atoms with van der Waals surface area (Å²) in [5.74, 6) is 1.82. The summed E-state index contributed by atoms with van der Waals surface area (Å²) in [4.78, 5) is 4.35. The first-order valence-corrected chi connectivity index (χ1v) is 6.43. The average molecular weight is 220 g/mol. The van der Waals surface area contributed by atoms with Gasteiger partial charge < -0.3 is 5.32 Å². The summed E-state index contributed by atoms with van der Waals surface area (Å²) >= 11 is 0. The van der Waals surface area contributed by atoms with Crippen molar-refractivity contribution in [2.24, 2.45) is 5.92 Å². The number of pyridine rings is 1. The Hall–Kier alpha value is -1.05. The van der Waals surface area contributed by atoms with Gasteiger partial charge in [0.2, 0.25) is 0 Å². The van der Waals surface area contributed by atoms with E-state index in [-0.39, 0.29) is 0 Å². The molecule has 0 aliphatic rings. The minimum atomic E-state index is 0.779. The Morgan fingerprint density at radius 1 is 1.38 bits per heavy atom. The second kappa shape index (κ2) is 7.26. The molecule has 0 amide bonds. The van der Waals surface area contributed by atoms with Crippen molar-refractivity contribution in [1.82, 2.24) is 4.98 Å². The van der Waals surface area contributed by atoms with Crippen LogP contribution in [-0.2, 0) is 0 Å². The fourth-order valence-electron chi connectivity index (χ4n) is 1.86. The third kappa shape index (κ3) is 4.21. The maximum Gasteiger partial charge on any atom is 0.128 e. The van der Waals surface area contributed by atoms with Crippen molar-refractivity contribution in [1.29, 1.82) is 0 Å². The van der Waals surface area contributed by atoms with Crippen LogP contribution in [0.15, 0.2) is 18.3 Å². The summed E-state index contributed by atoms with van der Waals surface area (Å²) in [5.41, 5.74) is 1.23. The van der Waals surface area contributed by atoms with E-state index in [4.69, 9.17) is 0 Å². The van der Waals surface area contributed by atoms with Crippen LogP contribution in [0.25, 0.3) is 0 Å². The number of aromatic nitrogens is 1. The molecule has 1 unspecified atom stereocenters. The predicted molar refractivity (Wildman–Crippen MR) is 70.8 cm³/mol. The van der Waals surface area contributed by atoms with E-state index in [1.807, 2.05) is 12.3 Å². The van der Waals surface area contributed by atoms with Gasteiger partial charge >= 0.3 is 0 Å². The number of nitrogens with zero attached hydrogens (tertiary/aromatic N) is 1. The lowest BCUT2D eigenvalue weighted by atomic mass is 9.99. The van der Waals surface area contributed by atoms with Gasteiger partial charge in [0.1, 0.15) is 5.82 Å². The molecule has 1 heterocycles. The molecule has 2 heteroatoms. The monoisotopic (exact) mass is 220 g/mol. The second-order valence-electron chi connectivity index (χ2n) is 4.47. The van der Waals surface area contributed by atoms with Crippen LogP contribution in [0, 0.1) is 12.8 Å². The highest BCUT2D eigenvalue weighted by Crippen LogP contribution is 2.15. The molecule has 1 aromatic rings. The molecule has 0 aromatic carbocycles. The van der Waals surface area contributed by atoms with Crippen molar-refractivity contribution >= 4 is 5.82 Å². The first-order chi connectivity index (χ1) is 7.77. The van der Waals surface area contributed by atoms with Gasteiger partial charge in [-0.1, -0.05) is 39.2 Å². The van der Waals surface area contributed by atoms with E-state index in [0.717, 1.165) is 18.3 Å². The van der Waals surface area contributed by atoms with Gasteiger partial charge in [-0.25, -0.2) is 4.98 Å². The van der Waals surface area contributed by atoms with Crippen LogP contribution in [0.1, 0.15) is 45.1 Å². The Morgan fingerprint density at radius 3 is 2.81 bits per heavy atom. The van der Waals surface area contributed by atoms with Crippen LogP contribution in [0.2, 0.25) is 0 Å². The maximum absolute atomic E-state index is 4.35. The normalized spacial score (nSPS) is 12.4. The Bertz CT molecular complexity index is 297. The molecule has 90 valence electrons. The van der Waals surface area contributed by atoms with Crippen molar-refractivity contribution in [3.63, 3.8) is 0 Å². The summed E-state index contributed by atoms with van der Waals surface area (Å²) in [6.45, 7) is 7.67.